The maximum Gasteiger partial charge on any atom is 0.266 e. The highest BCUT2D eigenvalue weighted by molar-refractivity contribution is 7.71. The molecule has 7 heteroatoms. The number of aromatic hydroxyl groups is 1. The van der Waals surface area contributed by atoms with E-state index < -0.39 is 5.56 Å². The Morgan fingerprint density at radius 1 is 1.00 bits per heavy atom. The van der Waals surface area contributed by atoms with Gasteiger partial charge in [-0.3, -0.25) is 4.79 Å². The first kappa shape index (κ1) is 14.2. The minimum absolute atomic E-state index is 0.102. The van der Waals surface area contributed by atoms with Gasteiger partial charge in [0.25, 0.3) is 5.56 Å². The van der Waals surface area contributed by atoms with Crippen molar-refractivity contribution >= 4 is 12.2 Å². The van der Waals surface area contributed by atoms with Crippen molar-refractivity contribution in [3.63, 3.8) is 0 Å². The van der Waals surface area contributed by atoms with Gasteiger partial charge in [0.1, 0.15) is 11.6 Å². The van der Waals surface area contributed by atoms with E-state index in [-0.39, 0.29) is 16.2 Å². The number of hydrogen-bond donors (Lipinski definition) is 1. The van der Waals surface area contributed by atoms with E-state index in [1.807, 2.05) is 0 Å². The van der Waals surface area contributed by atoms with Crippen LogP contribution in [-0.2, 0) is 0 Å². The van der Waals surface area contributed by atoms with Crippen LogP contribution in [0.4, 0.5) is 0 Å². The van der Waals surface area contributed by atoms with Gasteiger partial charge in [0.2, 0.25) is 5.88 Å². The molecule has 0 fully saturated rings. The van der Waals surface area contributed by atoms with Crippen molar-refractivity contribution in [1.29, 1.82) is 0 Å². The molecule has 0 saturated heterocycles. The lowest BCUT2D eigenvalue weighted by Crippen LogP contribution is -2.26. The van der Waals surface area contributed by atoms with E-state index >= 15 is 0 Å². The lowest BCUT2D eigenvalue weighted by Gasteiger charge is -2.14. The summed E-state index contributed by atoms with van der Waals surface area (Å²) in [5, 5.41) is 10.3. The first-order chi connectivity index (χ1) is 10.6. The fraction of sp³-hybridized carbons (Fsp3) is 0.0667. The molecular weight excluding hydrogens is 300 g/mol. The average Bonchev–Trinajstić information content (AvgIpc) is 2.55. The number of aromatic nitrogens is 4. The van der Waals surface area contributed by atoms with E-state index in [4.69, 9.17) is 12.2 Å². The van der Waals surface area contributed by atoms with Crippen LogP contribution in [0.5, 0.6) is 5.88 Å². The van der Waals surface area contributed by atoms with Gasteiger partial charge in [-0.2, -0.15) is 0 Å². The van der Waals surface area contributed by atoms with Gasteiger partial charge in [0.05, 0.1) is 5.56 Å². The van der Waals surface area contributed by atoms with Crippen molar-refractivity contribution in [1.82, 2.24) is 19.1 Å². The summed E-state index contributed by atoms with van der Waals surface area (Å²) in [6.07, 6.45) is 3.16. The average molecular weight is 312 g/mol. The van der Waals surface area contributed by atoms with E-state index in [1.54, 1.807) is 48.8 Å². The summed E-state index contributed by atoms with van der Waals surface area (Å²) in [5.41, 5.74) is -0.238. The molecule has 0 aromatic carbocycles. The second kappa shape index (κ2) is 5.53. The molecule has 0 aliphatic heterocycles. The Morgan fingerprint density at radius 3 is 2.05 bits per heavy atom. The largest absolute Gasteiger partial charge is 0.494 e. The molecule has 6 nitrogen and oxygen atoms in total. The molecule has 3 aromatic rings. The zero-order valence-corrected chi connectivity index (χ0v) is 12.5. The number of hydrogen-bond acceptors (Lipinski definition) is 5. The molecule has 0 aliphatic carbocycles. The SMILES string of the molecule is Cc1c(O)n(-c2ccccn2)c(=S)n(-c2ccccn2)c1=O. The van der Waals surface area contributed by atoms with E-state index in [0.717, 1.165) is 0 Å². The minimum atomic E-state index is -0.409. The van der Waals surface area contributed by atoms with Crippen molar-refractivity contribution in [2.75, 3.05) is 0 Å². The third-order valence-corrected chi connectivity index (χ3v) is 3.58. The van der Waals surface area contributed by atoms with Gasteiger partial charge in [-0.25, -0.2) is 19.1 Å². The highest BCUT2D eigenvalue weighted by Gasteiger charge is 2.16. The van der Waals surface area contributed by atoms with Crippen molar-refractivity contribution in [2.24, 2.45) is 0 Å². The third kappa shape index (κ3) is 2.21. The summed E-state index contributed by atoms with van der Waals surface area (Å²) >= 11 is 5.38. The molecule has 0 radical (unpaired) electrons. The summed E-state index contributed by atoms with van der Waals surface area (Å²) in [6, 6.07) is 10.4. The molecular formula is C15H12N4O2S. The van der Waals surface area contributed by atoms with Gasteiger partial charge in [-0.05, 0) is 43.4 Å². The van der Waals surface area contributed by atoms with Crippen molar-refractivity contribution in [2.45, 2.75) is 6.92 Å². The third-order valence-electron chi connectivity index (χ3n) is 3.21. The van der Waals surface area contributed by atoms with Gasteiger partial charge in [0.15, 0.2) is 4.77 Å². The monoisotopic (exact) mass is 312 g/mol. The molecule has 1 N–H and O–H groups in total. The summed E-state index contributed by atoms with van der Waals surface area (Å²) in [4.78, 5) is 20.8. The molecule has 0 aliphatic rings. The molecule has 3 heterocycles. The van der Waals surface area contributed by atoms with Crippen LogP contribution in [0.15, 0.2) is 53.6 Å². The Bertz CT molecular complexity index is 933. The van der Waals surface area contributed by atoms with E-state index in [9.17, 15) is 9.90 Å². The Morgan fingerprint density at radius 2 is 1.55 bits per heavy atom. The van der Waals surface area contributed by atoms with Crippen LogP contribution < -0.4 is 5.56 Å². The Balaban J connectivity index is 2.42. The summed E-state index contributed by atoms with van der Waals surface area (Å²) in [5.74, 6) is 0.601. The maximum atomic E-state index is 12.5. The molecule has 0 amide bonds. The zero-order valence-electron chi connectivity index (χ0n) is 11.7. The van der Waals surface area contributed by atoms with E-state index in [1.165, 1.54) is 16.1 Å². The molecule has 0 spiro atoms. The van der Waals surface area contributed by atoms with Gasteiger partial charge < -0.3 is 5.11 Å². The molecule has 3 aromatic heterocycles. The Hall–Kier alpha value is -2.80. The maximum absolute atomic E-state index is 12.5. The second-order valence-corrected chi connectivity index (χ2v) is 4.95. The van der Waals surface area contributed by atoms with Crippen LogP contribution in [0, 0.1) is 11.7 Å². The summed E-state index contributed by atoms with van der Waals surface area (Å²) < 4.78 is 2.73. The minimum Gasteiger partial charge on any atom is -0.494 e. The smallest absolute Gasteiger partial charge is 0.266 e. The number of pyridine rings is 2. The normalized spacial score (nSPS) is 10.6. The highest BCUT2D eigenvalue weighted by Crippen LogP contribution is 2.19. The lowest BCUT2D eigenvalue weighted by atomic mass is 10.3. The van der Waals surface area contributed by atoms with Crippen LogP contribution in [0.25, 0.3) is 11.6 Å². The molecule has 3 rings (SSSR count). The second-order valence-electron chi connectivity index (χ2n) is 4.58. The van der Waals surface area contributed by atoms with Crippen LogP contribution in [0.1, 0.15) is 5.56 Å². The van der Waals surface area contributed by atoms with Gasteiger partial charge in [0, 0.05) is 12.4 Å². The quantitative estimate of drug-likeness (QED) is 0.734. The predicted molar refractivity (Wildman–Crippen MR) is 84.2 cm³/mol. The lowest BCUT2D eigenvalue weighted by molar-refractivity contribution is 0.424. The molecule has 0 unspecified atom stereocenters. The molecule has 22 heavy (non-hydrogen) atoms. The molecule has 0 bridgehead atoms. The fourth-order valence-electron chi connectivity index (χ4n) is 2.09. The first-order valence-electron chi connectivity index (χ1n) is 6.51. The molecule has 0 saturated carbocycles. The van der Waals surface area contributed by atoms with Gasteiger partial charge >= 0.3 is 0 Å². The molecule has 0 atom stereocenters. The fourth-order valence-corrected chi connectivity index (χ4v) is 2.45. The number of rotatable bonds is 2. The van der Waals surface area contributed by atoms with Crippen LogP contribution in [-0.4, -0.2) is 24.2 Å². The first-order valence-corrected chi connectivity index (χ1v) is 6.92. The van der Waals surface area contributed by atoms with Gasteiger partial charge in [-0.15, -0.1) is 0 Å². The van der Waals surface area contributed by atoms with Crippen LogP contribution in [0.2, 0.25) is 0 Å². The highest BCUT2D eigenvalue weighted by atomic mass is 32.1. The topological polar surface area (TPSA) is 72.9 Å². The van der Waals surface area contributed by atoms with Crippen molar-refractivity contribution in [3.05, 3.63) is 69.5 Å². The van der Waals surface area contributed by atoms with Gasteiger partial charge in [-0.1, -0.05) is 12.1 Å². The van der Waals surface area contributed by atoms with E-state index in [2.05, 4.69) is 9.97 Å². The van der Waals surface area contributed by atoms with Crippen molar-refractivity contribution < 1.29 is 5.11 Å². The van der Waals surface area contributed by atoms with Crippen molar-refractivity contribution in [3.8, 4) is 17.5 Å². The Labute approximate surface area is 131 Å². The summed E-state index contributed by atoms with van der Waals surface area (Å²) in [6.45, 7) is 1.53. The van der Waals surface area contributed by atoms with E-state index in [0.29, 0.717) is 11.6 Å². The molecule has 110 valence electrons. The Kier molecular flexibility index (Phi) is 3.56. The van der Waals surface area contributed by atoms with Crippen LogP contribution in [0.3, 0.4) is 0 Å². The standard InChI is InChI=1S/C15H12N4O2S/c1-10-13(20)18(11-6-2-4-8-16-11)15(22)19(14(10)21)12-7-3-5-9-17-12/h2-9,20H,1H3. The predicted octanol–water partition coefficient (Wildman–Crippen LogP) is 2.16. The number of nitrogens with zero attached hydrogens (tertiary/aromatic N) is 4. The van der Waals surface area contributed by atoms with Crippen LogP contribution >= 0.6 is 12.2 Å². The zero-order chi connectivity index (χ0) is 15.7. The summed E-state index contributed by atoms with van der Waals surface area (Å²) in [7, 11) is 0.